The Labute approximate surface area is 107 Å². The molecule has 0 bridgehead atoms. The molecule has 100 valence electrons. The van der Waals surface area contributed by atoms with Crippen molar-refractivity contribution < 1.29 is 9.90 Å². The third kappa shape index (κ3) is 2.72. The minimum atomic E-state index is -0.674. The number of aliphatic carboxylic acids is 1. The van der Waals surface area contributed by atoms with Crippen molar-refractivity contribution in [3.8, 4) is 0 Å². The maximum Gasteiger partial charge on any atom is 0.308 e. The van der Waals surface area contributed by atoms with Crippen LogP contribution in [0.25, 0.3) is 0 Å². The van der Waals surface area contributed by atoms with Crippen molar-refractivity contribution in [1.29, 1.82) is 0 Å². The molecule has 5 heteroatoms. The maximum absolute atomic E-state index is 11.1. The topological polar surface area (TPSA) is 58.4 Å². The minimum absolute atomic E-state index is 0.227. The fourth-order valence-electron chi connectivity index (χ4n) is 2.65. The highest BCUT2D eigenvalue weighted by Gasteiger charge is 2.34. The molecule has 1 N–H and O–H groups in total. The fraction of sp³-hybridized carbons (Fsp3) is 0.692. The molecule has 5 nitrogen and oxygen atoms in total. The van der Waals surface area contributed by atoms with Gasteiger partial charge < -0.3 is 5.11 Å². The minimum Gasteiger partial charge on any atom is -0.481 e. The van der Waals surface area contributed by atoms with Gasteiger partial charge in [-0.05, 0) is 18.4 Å². The van der Waals surface area contributed by atoms with Gasteiger partial charge in [-0.1, -0.05) is 13.8 Å². The van der Waals surface area contributed by atoms with E-state index in [1.165, 1.54) is 5.69 Å². The summed E-state index contributed by atoms with van der Waals surface area (Å²) in [5, 5.41) is 13.4. The van der Waals surface area contributed by atoms with Crippen LogP contribution in [0, 0.1) is 11.8 Å². The summed E-state index contributed by atoms with van der Waals surface area (Å²) < 4.78 is 2.01. The van der Waals surface area contributed by atoms with Gasteiger partial charge in [0.05, 0.1) is 11.6 Å². The van der Waals surface area contributed by atoms with Crippen LogP contribution in [0.2, 0.25) is 0 Å². The van der Waals surface area contributed by atoms with Crippen LogP contribution >= 0.6 is 0 Å². The van der Waals surface area contributed by atoms with E-state index in [1.54, 1.807) is 0 Å². The first-order valence-electron chi connectivity index (χ1n) is 6.57. The number of nitrogens with zero attached hydrogens (tertiary/aromatic N) is 3. The molecule has 0 amide bonds. The molecule has 1 aliphatic rings. The van der Waals surface area contributed by atoms with Gasteiger partial charge in [0.2, 0.25) is 0 Å². The van der Waals surface area contributed by atoms with Gasteiger partial charge in [0.1, 0.15) is 0 Å². The van der Waals surface area contributed by atoms with Crippen LogP contribution in [-0.4, -0.2) is 38.8 Å². The first-order chi connectivity index (χ1) is 8.61. The molecular formula is C13H21N3O2. The zero-order chi connectivity index (χ0) is 13.1. The number of rotatable bonds is 5. The van der Waals surface area contributed by atoms with E-state index < -0.39 is 5.97 Å². The molecule has 1 saturated heterocycles. The van der Waals surface area contributed by atoms with Crippen LogP contribution in [-0.2, 0) is 17.9 Å². The van der Waals surface area contributed by atoms with Crippen molar-refractivity contribution in [2.24, 2.45) is 11.8 Å². The second-order valence-electron chi connectivity index (χ2n) is 5.16. The molecule has 0 saturated carbocycles. The van der Waals surface area contributed by atoms with Gasteiger partial charge in [0.25, 0.3) is 0 Å². The second-order valence-corrected chi connectivity index (χ2v) is 5.16. The number of carboxylic acid groups (broad SMARTS) is 1. The van der Waals surface area contributed by atoms with Gasteiger partial charge in [-0.25, -0.2) is 0 Å². The van der Waals surface area contributed by atoms with Crippen molar-refractivity contribution in [3.63, 3.8) is 0 Å². The summed E-state index contributed by atoms with van der Waals surface area (Å²) in [7, 11) is 0. The van der Waals surface area contributed by atoms with E-state index in [4.69, 9.17) is 5.11 Å². The van der Waals surface area contributed by atoms with Crippen molar-refractivity contribution in [1.82, 2.24) is 14.7 Å². The van der Waals surface area contributed by atoms with E-state index in [1.807, 2.05) is 23.9 Å². The molecule has 2 atom stereocenters. The highest BCUT2D eigenvalue weighted by atomic mass is 16.4. The van der Waals surface area contributed by atoms with Gasteiger partial charge in [-0.3, -0.25) is 14.4 Å². The Kier molecular flexibility index (Phi) is 4.01. The van der Waals surface area contributed by atoms with Gasteiger partial charge in [-0.2, -0.15) is 5.10 Å². The van der Waals surface area contributed by atoms with Crippen molar-refractivity contribution in [2.75, 3.05) is 13.1 Å². The molecule has 2 heterocycles. The number of aromatic nitrogens is 2. The van der Waals surface area contributed by atoms with E-state index in [0.717, 1.165) is 26.1 Å². The second kappa shape index (κ2) is 5.52. The average Bonchev–Trinajstić information content (AvgIpc) is 2.87. The first kappa shape index (κ1) is 13.1. The summed E-state index contributed by atoms with van der Waals surface area (Å²) in [6, 6.07) is 2.02. The van der Waals surface area contributed by atoms with E-state index in [-0.39, 0.29) is 11.8 Å². The SMILES string of the molecule is CCCn1nccc1CN1C[C@@H](C)[C@H](C(=O)O)C1. The molecule has 1 fully saturated rings. The molecule has 1 aromatic heterocycles. The largest absolute Gasteiger partial charge is 0.481 e. The average molecular weight is 251 g/mol. The van der Waals surface area contributed by atoms with Crippen molar-refractivity contribution in [2.45, 2.75) is 33.4 Å². The normalized spacial score (nSPS) is 24.6. The summed E-state index contributed by atoms with van der Waals surface area (Å²) >= 11 is 0. The Morgan fingerprint density at radius 2 is 2.33 bits per heavy atom. The number of carbonyl (C=O) groups is 1. The van der Waals surface area contributed by atoms with Crippen LogP contribution in [0.3, 0.4) is 0 Å². The van der Waals surface area contributed by atoms with E-state index in [9.17, 15) is 4.79 Å². The Bertz CT molecular complexity index is 416. The van der Waals surface area contributed by atoms with Crippen molar-refractivity contribution in [3.05, 3.63) is 18.0 Å². The molecule has 1 aliphatic heterocycles. The summed E-state index contributed by atoms with van der Waals surface area (Å²) in [6.45, 7) is 7.37. The van der Waals surface area contributed by atoms with E-state index in [2.05, 4.69) is 16.9 Å². The molecule has 0 aliphatic carbocycles. The smallest absolute Gasteiger partial charge is 0.308 e. The lowest BCUT2D eigenvalue weighted by atomic mass is 9.99. The standard InChI is InChI=1S/C13H21N3O2/c1-3-6-16-11(4-5-14-16)8-15-7-10(2)12(9-15)13(17)18/h4-5,10,12H,3,6-9H2,1-2H3,(H,17,18)/t10-,12-/m1/s1. The van der Waals surface area contributed by atoms with E-state index >= 15 is 0 Å². The molecule has 18 heavy (non-hydrogen) atoms. The number of hydrogen-bond donors (Lipinski definition) is 1. The van der Waals surface area contributed by atoms with Crippen LogP contribution in [0.1, 0.15) is 26.0 Å². The molecule has 0 unspecified atom stereocenters. The number of carboxylic acids is 1. The number of aryl methyl sites for hydroxylation is 1. The monoisotopic (exact) mass is 251 g/mol. The van der Waals surface area contributed by atoms with Gasteiger partial charge in [0, 0.05) is 32.4 Å². The van der Waals surface area contributed by atoms with Gasteiger partial charge in [-0.15, -0.1) is 0 Å². The zero-order valence-corrected chi connectivity index (χ0v) is 11.0. The Morgan fingerprint density at radius 1 is 1.56 bits per heavy atom. The predicted octanol–water partition coefficient (Wildman–Crippen LogP) is 1.45. The lowest BCUT2D eigenvalue weighted by Gasteiger charge is -2.16. The summed E-state index contributed by atoms with van der Waals surface area (Å²) in [5.74, 6) is -0.676. The third-order valence-electron chi connectivity index (χ3n) is 3.63. The quantitative estimate of drug-likeness (QED) is 0.860. The predicted molar refractivity (Wildman–Crippen MR) is 68.1 cm³/mol. The Balaban J connectivity index is 1.98. The summed E-state index contributed by atoms with van der Waals surface area (Å²) in [5.41, 5.74) is 1.18. The maximum atomic E-state index is 11.1. The lowest BCUT2D eigenvalue weighted by molar-refractivity contribution is -0.142. The van der Waals surface area contributed by atoms with E-state index in [0.29, 0.717) is 6.54 Å². The molecule has 0 aromatic carbocycles. The number of hydrogen-bond acceptors (Lipinski definition) is 3. The highest BCUT2D eigenvalue weighted by Crippen LogP contribution is 2.24. The zero-order valence-electron chi connectivity index (χ0n) is 11.0. The molecule has 2 rings (SSSR count). The van der Waals surface area contributed by atoms with Crippen molar-refractivity contribution >= 4 is 5.97 Å². The molecule has 0 radical (unpaired) electrons. The van der Waals surface area contributed by atoms with Crippen LogP contribution in [0.5, 0.6) is 0 Å². The first-order valence-corrected chi connectivity index (χ1v) is 6.57. The fourth-order valence-corrected chi connectivity index (χ4v) is 2.65. The summed E-state index contributed by atoms with van der Waals surface area (Å²) in [6.07, 6.45) is 2.88. The highest BCUT2D eigenvalue weighted by molar-refractivity contribution is 5.71. The van der Waals surface area contributed by atoms with Crippen LogP contribution < -0.4 is 0 Å². The summed E-state index contributed by atoms with van der Waals surface area (Å²) in [4.78, 5) is 13.3. The number of likely N-dealkylation sites (tertiary alicyclic amines) is 1. The molecule has 0 spiro atoms. The Hall–Kier alpha value is -1.36. The van der Waals surface area contributed by atoms with Gasteiger partial charge in [0.15, 0.2) is 0 Å². The third-order valence-corrected chi connectivity index (χ3v) is 3.63. The van der Waals surface area contributed by atoms with Crippen LogP contribution in [0.15, 0.2) is 12.3 Å². The molecular weight excluding hydrogens is 230 g/mol. The molecule has 1 aromatic rings. The lowest BCUT2D eigenvalue weighted by Crippen LogP contribution is -2.24. The van der Waals surface area contributed by atoms with Crippen LogP contribution in [0.4, 0.5) is 0 Å². The Morgan fingerprint density at radius 3 is 2.94 bits per heavy atom. The van der Waals surface area contributed by atoms with Gasteiger partial charge >= 0.3 is 5.97 Å².